The van der Waals surface area contributed by atoms with E-state index in [1.807, 2.05) is 19.2 Å². The van der Waals surface area contributed by atoms with Gasteiger partial charge in [-0.05, 0) is 18.2 Å². The zero-order valence-electron chi connectivity index (χ0n) is 15.8. The first-order valence-electron chi connectivity index (χ1n) is 8.72. The number of amides is 1. The van der Waals surface area contributed by atoms with Crippen molar-refractivity contribution in [3.05, 3.63) is 39.3 Å². The van der Waals surface area contributed by atoms with Gasteiger partial charge in [-0.3, -0.25) is 4.79 Å². The van der Waals surface area contributed by atoms with Crippen LogP contribution >= 0.6 is 22.9 Å². The second-order valence-electron chi connectivity index (χ2n) is 6.29. The molecule has 0 unspecified atom stereocenters. The lowest BCUT2D eigenvalue weighted by molar-refractivity contribution is -0.115. The zero-order chi connectivity index (χ0) is 20.2. The molecule has 148 valence electrons. The average Bonchev–Trinajstić information content (AvgIpc) is 3.06. The minimum absolute atomic E-state index is 0.0988. The van der Waals surface area contributed by atoms with Crippen molar-refractivity contribution < 1.29 is 13.2 Å². The molecule has 1 aromatic carbocycles. The van der Waals surface area contributed by atoms with Crippen LogP contribution in [-0.2, 0) is 21.2 Å². The van der Waals surface area contributed by atoms with Gasteiger partial charge in [0, 0.05) is 24.4 Å². The number of carbonyl (C=O) groups is 1. The number of anilines is 1. The lowest BCUT2D eigenvalue weighted by atomic mass is 10.2. The molecule has 0 aliphatic carbocycles. The number of hydrogen-bond acceptors (Lipinski definition) is 5. The highest BCUT2D eigenvalue weighted by molar-refractivity contribution is 7.89. The Hall–Kier alpha value is -1.48. The van der Waals surface area contributed by atoms with Gasteiger partial charge in [-0.25, -0.2) is 13.4 Å². The van der Waals surface area contributed by atoms with Crippen molar-refractivity contribution in [3.63, 3.8) is 0 Å². The largest absolute Gasteiger partial charge is 0.324 e. The molecule has 1 N–H and O–H groups in total. The molecule has 1 aromatic heterocycles. The van der Waals surface area contributed by atoms with E-state index in [1.54, 1.807) is 13.8 Å². The van der Waals surface area contributed by atoms with E-state index in [2.05, 4.69) is 10.3 Å². The van der Waals surface area contributed by atoms with E-state index in [-0.39, 0.29) is 27.9 Å². The van der Waals surface area contributed by atoms with Crippen LogP contribution in [0, 0.1) is 0 Å². The van der Waals surface area contributed by atoms with E-state index in [0.717, 1.165) is 5.01 Å². The molecule has 1 heterocycles. The number of carbonyl (C=O) groups excluding carboxylic acids is 1. The molecular formula is C18H24ClN3O3S2. The van der Waals surface area contributed by atoms with E-state index >= 15 is 0 Å². The van der Waals surface area contributed by atoms with Crippen molar-refractivity contribution >= 4 is 44.6 Å². The van der Waals surface area contributed by atoms with Gasteiger partial charge in [-0.2, -0.15) is 4.31 Å². The van der Waals surface area contributed by atoms with Crippen LogP contribution in [0.1, 0.15) is 44.3 Å². The summed E-state index contributed by atoms with van der Waals surface area (Å²) in [5, 5.41) is 5.81. The Bertz CT molecular complexity index is 906. The van der Waals surface area contributed by atoms with Crippen LogP contribution < -0.4 is 5.32 Å². The fraction of sp³-hybridized carbons (Fsp3) is 0.444. The van der Waals surface area contributed by atoms with Gasteiger partial charge in [0.1, 0.15) is 0 Å². The van der Waals surface area contributed by atoms with Crippen molar-refractivity contribution in [2.24, 2.45) is 0 Å². The molecule has 0 aliphatic rings. The van der Waals surface area contributed by atoms with Gasteiger partial charge in [0.2, 0.25) is 15.9 Å². The Morgan fingerprint density at radius 3 is 2.52 bits per heavy atom. The Morgan fingerprint density at radius 2 is 1.96 bits per heavy atom. The van der Waals surface area contributed by atoms with Gasteiger partial charge in [-0.15, -0.1) is 11.3 Å². The number of nitrogens with one attached hydrogen (secondary N) is 1. The summed E-state index contributed by atoms with van der Waals surface area (Å²) in [5.41, 5.74) is 0.957. The molecule has 0 aliphatic heterocycles. The summed E-state index contributed by atoms with van der Waals surface area (Å²) in [7, 11) is -3.63. The molecule has 27 heavy (non-hydrogen) atoms. The van der Waals surface area contributed by atoms with Crippen LogP contribution in [0.25, 0.3) is 0 Å². The summed E-state index contributed by atoms with van der Waals surface area (Å²) in [4.78, 5) is 16.9. The van der Waals surface area contributed by atoms with Gasteiger partial charge in [0.15, 0.2) is 0 Å². The Labute approximate surface area is 169 Å². The number of hydrogen-bond donors (Lipinski definition) is 1. The van der Waals surface area contributed by atoms with Crippen LogP contribution in [0.5, 0.6) is 0 Å². The van der Waals surface area contributed by atoms with Crippen LogP contribution in [0.2, 0.25) is 5.02 Å². The predicted molar refractivity (Wildman–Crippen MR) is 110 cm³/mol. The van der Waals surface area contributed by atoms with E-state index in [4.69, 9.17) is 11.6 Å². The summed E-state index contributed by atoms with van der Waals surface area (Å²) < 4.78 is 26.7. The highest BCUT2D eigenvalue weighted by Gasteiger charge is 2.23. The first-order chi connectivity index (χ1) is 12.7. The van der Waals surface area contributed by atoms with Crippen LogP contribution in [0.15, 0.2) is 28.5 Å². The highest BCUT2D eigenvalue weighted by Crippen LogP contribution is 2.27. The van der Waals surface area contributed by atoms with Gasteiger partial charge < -0.3 is 5.32 Å². The van der Waals surface area contributed by atoms with Crippen molar-refractivity contribution in [1.82, 2.24) is 9.29 Å². The van der Waals surface area contributed by atoms with E-state index in [0.29, 0.717) is 24.7 Å². The van der Waals surface area contributed by atoms with Crippen molar-refractivity contribution in [1.29, 1.82) is 0 Å². The highest BCUT2D eigenvalue weighted by atomic mass is 35.5. The van der Waals surface area contributed by atoms with E-state index < -0.39 is 10.0 Å². The molecular weight excluding hydrogens is 406 g/mol. The maximum absolute atomic E-state index is 12.7. The smallest absolute Gasteiger partial charge is 0.243 e. The summed E-state index contributed by atoms with van der Waals surface area (Å²) in [6, 6.07) is 4.32. The number of thiazole rings is 1. The van der Waals surface area contributed by atoms with Crippen LogP contribution in [-0.4, -0.2) is 36.7 Å². The second-order valence-corrected chi connectivity index (χ2v) is 9.52. The minimum atomic E-state index is -3.63. The second kappa shape index (κ2) is 9.14. The fourth-order valence-electron chi connectivity index (χ4n) is 2.50. The molecule has 0 radical (unpaired) electrons. The molecule has 2 rings (SSSR count). The third-order valence-corrected chi connectivity index (χ3v) is 7.53. The van der Waals surface area contributed by atoms with Crippen molar-refractivity contribution in [2.75, 3.05) is 18.4 Å². The van der Waals surface area contributed by atoms with Gasteiger partial charge in [0.25, 0.3) is 0 Å². The minimum Gasteiger partial charge on any atom is -0.324 e. The average molecular weight is 430 g/mol. The maximum atomic E-state index is 12.7. The number of aromatic nitrogens is 1. The van der Waals surface area contributed by atoms with Gasteiger partial charge in [-0.1, -0.05) is 39.3 Å². The standard InChI is InChI=1S/C18H24ClN3O3S2/c1-5-22(6-2)27(24,25)14-7-8-15(19)16(10-14)21-17(23)9-13-11-26-18(20-13)12(3)4/h7-8,10-12H,5-6,9H2,1-4H3,(H,21,23). The number of rotatable bonds is 8. The third kappa shape index (κ3) is 5.28. The summed E-state index contributed by atoms with van der Waals surface area (Å²) in [6.07, 6.45) is 0.104. The zero-order valence-corrected chi connectivity index (χ0v) is 18.2. The van der Waals surface area contributed by atoms with E-state index in [1.165, 1.54) is 33.8 Å². The third-order valence-electron chi connectivity index (χ3n) is 3.96. The molecule has 0 fully saturated rings. The first kappa shape index (κ1) is 21.8. The topological polar surface area (TPSA) is 79.4 Å². The lowest BCUT2D eigenvalue weighted by Crippen LogP contribution is -2.30. The number of halogens is 1. The SMILES string of the molecule is CCN(CC)S(=O)(=O)c1ccc(Cl)c(NC(=O)Cc2csc(C(C)C)n2)c1. The summed E-state index contributed by atoms with van der Waals surface area (Å²) in [6.45, 7) is 8.38. The first-order valence-corrected chi connectivity index (χ1v) is 11.4. The Morgan fingerprint density at radius 1 is 1.30 bits per heavy atom. The summed E-state index contributed by atoms with van der Waals surface area (Å²) in [5.74, 6) is 0.0121. The lowest BCUT2D eigenvalue weighted by Gasteiger charge is -2.19. The molecule has 0 bridgehead atoms. The Balaban J connectivity index is 2.19. The monoisotopic (exact) mass is 429 g/mol. The maximum Gasteiger partial charge on any atom is 0.243 e. The van der Waals surface area contributed by atoms with Crippen LogP contribution in [0.3, 0.4) is 0 Å². The summed E-state index contributed by atoms with van der Waals surface area (Å²) >= 11 is 7.67. The molecule has 2 aromatic rings. The number of benzene rings is 1. The van der Waals surface area contributed by atoms with Gasteiger partial charge in [0.05, 0.1) is 32.7 Å². The van der Waals surface area contributed by atoms with Crippen molar-refractivity contribution in [2.45, 2.75) is 44.9 Å². The molecule has 9 heteroatoms. The molecule has 0 spiro atoms. The molecule has 1 amide bonds. The fourth-order valence-corrected chi connectivity index (χ4v) is 4.99. The predicted octanol–water partition coefficient (Wildman–Crippen LogP) is 4.13. The van der Waals surface area contributed by atoms with Crippen molar-refractivity contribution in [3.8, 4) is 0 Å². The van der Waals surface area contributed by atoms with Gasteiger partial charge >= 0.3 is 0 Å². The Kier molecular flexibility index (Phi) is 7.39. The molecule has 0 saturated carbocycles. The van der Waals surface area contributed by atoms with Crippen LogP contribution in [0.4, 0.5) is 5.69 Å². The normalized spacial score (nSPS) is 12.0. The van der Waals surface area contributed by atoms with E-state index in [9.17, 15) is 13.2 Å². The molecule has 0 saturated heterocycles. The quantitative estimate of drug-likeness (QED) is 0.684. The molecule has 6 nitrogen and oxygen atoms in total. The number of sulfonamides is 1. The number of nitrogens with zero attached hydrogens (tertiary/aromatic N) is 2. The molecule has 0 atom stereocenters.